The fraction of sp³-hybridized carbons (Fsp3) is 0.318. The first kappa shape index (κ1) is 17.1. The number of hydrogen-bond acceptors (Lipinski definition) is 2. The van der Waals surface area contributed by atoms with Crippen molar-refractivity contribution in [3.05, 3.63) is 70.9 Å². The van der Waals surface area contributed by atoms with E-state index in [9.17, 15) is 0 Å². The number of piperidine rings is 1. The highest BCUT2D eigenvalue weighted by molar-refractivity contribution is 6.30. The zero-order valence-corrected chi connectivity index (χ0v) is 15.5. The number of hydrogen-bond donors (Lipinski definition) is 0. The fourth-order valence-electron chi connectivity index (χ4n) is 3.90. The van der Waals surface area contributed by atoms with Crippen LogP contribution < -0.4 is 0 Å². The molecule has 2 aromatic carbocycles. The van der Waals surface area contributed by atoms with Crippen LogP contribution in [0, 0.1) is 11.3 Å². The summed E-state index contributed by atoms with van der Waals surface area (Å²) >= 11 is 5.96. The molecular weight excluding hydrogens is 342 g/mol. The van der Waals surface area contributed by atoms with E-state index in [1.165, 1.54) is 16.5 Å². The van der Waals surface area contributed by atoms with E-state index in [0.717, 1.165) is 49.5 Å². The monoisotopic (exact) mass is 363 g/mol. The molecule has 0 N–H and O–H groups in total. The molecule has 0 saturated carbocycles. The largest absolute Gasteiger partial charge is 0.344 e. The number of likely N-dealkylation sites (tertiary alicyclic amines) is 1. The molecular formula is C22H22ClN3. The third-order valence-corrected chi connectivity index (χ3v) is 5.68. The number of benzene rings is 2. The maximum atomic E-state index is 9.17. The average molecular weight is 364 g/mol. The highest BCUT2D eigenvalue weighted by Crippen LogP contribution is 2.28. The Bertz CT molecular complexity index is 928. The fourth-order valence-corrected chi connectivity index (χ4v) is 4.02. The molecule has 132 valence electrons. The minimum absolute atomic E-state index is 0.522. The van der Waals surface area contributed by atoms with Crippen LogP contribution in [0.15, 0.2) is 54.7 Å². The van der Waals surface area contributed by atoms with Crippen LogP contribution in [0.5, 0.6) is 0 Å². The molecule has 0 radical (unpaired) electrons. The Labute approximate surface area is 159 Å². The molecule has 1 aromatic heterocycles. The lowest BCUT2D eigenvalue weighted by atomic mass is 10.0. The van der Waals surface area contributed by atoms with E-state index < -0.39 is 0 Å². The third-order valence-electron chi connectivity index (χ3n) is 5.43. The van der Waals surface area contributed by atoms with Crippen LogP contribution in [-0.2, 0) is 6.42 Å². The molecule has 3 aromatic rings. The molecule has 1 aliphatic rings. The second kappa shape index (κ2) is 7.53. The Hall–Kier alpha value is -2.28. The summed E-state index contributed by atoms with van der Waals surface area (Å²) in [7, 11) is 0. The molecule has 1 fully saturated rings. The summed E-state index contributed by atoms with van der Waals surface area (Å²) < 4.78 is 2.37. The number of fused-ring (bicyclic) bond motifs is 1. The van der Waals surface area contributed by atoms with Crippen LogP contribution in [0.25, 0.3) is 10.9 Å². The standard InChI is InChI=1S/C22H22ClN3/c23-20-5-2-17(3-6-20)7-11-25-12-9-21(10-13-25)26-14-8-19-4-1-18(16-24)15-22(19)26/h1-6,8,14-15,21H,7,9-13H2. The summed E-state index contributed by atoms with van der Waals surface area (Å²) in [5, 5.41) is 11.2. The van der Waals surface area contributed by atoms with E-state index >= 15 is 0 Å². The number of nitrogens with zero attached hydrogens (tertiary/aromatic N) is 3. The van der Waals surface area contributed by atoms with Crippen molar-refractivity contribution in [3.63, 3.8) is 0 Å². The molecule has 1 saturated heterocycles. The zero-order chi connectivity index (χ0) is 17.9. The molecule has 26 heavy (non-hydrogen) atoms. The Morgan fingerprint density at radius 2 is 1.81 bits per heavy atom. The molecule has 4 heteroatoms. The Kier molecular flexibility index (Phi) is 4.97. The lowest BCUT2D eigenvalue weighted by Gasteiger charge is -2.33. The molecule has 0 aliphatic carbocycles. The van der Waals surface area contributed by atoms with Gasteiger partial charge in [-0.1, -0.05) is 29.8 Å². The summed E-state index contributed by atoms with van der Waals surface area (Å²) in [6.45, 7) is 3.34. The van der Waals surface area contributed by atoms with Crippen LogP contribution >= 0.6 is 11.6 Å². The van der Waals surface area contributed by atoms with E-state index in [1.807, 2.05) is 30.3 Å². The topological polar surface area (TPSA) is 32.0 Å². The number of rotatable bonds is 4. The molecule has 0 bridgehead atoms. The second-order valence-corrected chi connectivity index (χ2v) is 7.49. The van der Waals surface area contributed by atoms with Gasteiger partial charge in [0.1, 0.15) is 0 Å². The molecule has 3 nitrogen and oxygen atoms in total. The van der Waals surface area contributed by atoms with Crippen molar-refractivity contribution in [2.75, 3.05) is 19.6 Å². The third kappa shape index (κ3) is 3.62. The van der Waals surface area contributed by atoms with Gasteiger partial charge >= 0.3 is 0 Å². The lowest BCUT2D eigenvalue weighted by molar-refractivity contribution is 0.190. The summed E-state index contributed by atoms with van der Waals surface area (Å²) in [6, 6.07) is 19.1. The van der Waals surface area contributed by atoms with Crippen LogP contribution in [0.3, 0.4) is 0 Å². The van der Waals surface area contributed by atoms with Gasteiger partial charge in [-0.15, -0.1) is 0 Å². The van der Waals surface area contributed by atoms with Gasteiger partial charge in [0, 0.05) is 42.4 Å². The van der Waals surface area contributed by atoms with Crippen LogP contribution in [-0.4, -0.2) is 29.1 Å². The van der Waals surface area contributed by atoms with Gasteiger partial charge in [-0.05, 0) is 60.5 Å². The predicted octanol–water partition coefficient (Wildman–Crippen LogP) is 5.05. The van der Waals surface area contributed by atoms with Crippen LogP contribution in [0.1, 0.15) is 30.0 Å². The molecule has 0 spiro atoms. The van der Waals surface area contributed by atoms with E-state index in [2.05, 4.69) is 39.9 Å². The lowest BCUT2D eigenvalue weighted by Crippen LogP contribution is -2.35. The van der Waals surface area contributed by atoms with Gasteiger partial charge in [0.25, 0.3) is 0 Å². The van der Waals surface area contributed by atoms with Crippen molar-refractivity contribution >= 4 is 22.5 Å². The molecule has 0 atom stereocenters. The van der Waals surface area contributed by atoms with Gasteiger partial charge in [0.2, 0.25) is 0 Å². The number of nitriles is 1. The van der Waals surface area contributed by atoms with Gasteiger partial charge in [-0.25, -0.2) is 0 Å². The predicted molar refractivity (Wildman–Crippen MR) is 107 cm³/mol. The van der Waals surface area contributed by atoms with Crippen molar-refractivity contribution < 1.29 is 0 Å². The Balaban J connectivity index is 1.38. The van der Waals surface area contributed by atoms with Gasteiger partial charge in [-0.3, -0.25) is 0 Å². The Morgan fingerprint density at radius 3 is 2.54 bits per heavy atom. The normalized spacial score (nSPS) is 16.0. The number of halogens is 1. The Morgan fingerprint density at radius 1 is 1.04 bits per heavy atom. The van der Waals surface area contributed by atoms with Gasteiger partial charge in [-0.2, -0.15) is 5.26 Å². The SMILES string of the molecule is N#Cc1ccc2ccn(C3CCN(CCc4ccc(Cl)cc4)CC3)c2c1. The first-order valence-corrected chi connectivity index (χ1v) is 9.58. The highest BCUT2D eigenvalue weighted by Gasteiger charge is 2.21. The van der Waals surface area contributed by atoms with Crippen LogP contribution in [0.2, 0.25) is 5.02 Å². The van der Waals surface area contributed by atoms with Crippen molar-refractivity contribution in [1.82, 2.24) is 9.47 Å². The average Bonchev–Trinajstić information content (AvgIpc) is 3.11. The summed E-state index contributed by atoms with van der Waals surface area (Å²) in [5.74, 6) is 0. The summed E-state index contributed by atoms with van der Waals surface area (Å²) in [4.78, 5) is 2.55. The minimum Gasteiger partial charge on any atom is -0.344 e. The van der Waals surface area contributed by atoms with Crippen molar-refractivity contribution in [2.24, 2.45) is 0 Å². The number of aromatic nitrogens is 1. The molecule has 1 aliphatic heterocycles. The summed E-state index contributed by atoms with van der Waals surface area (Å²) in [5.41, 5.74) is 3.26. The maximum Gasteiger partial charge on any atom is 0.0992 e. The zero-order valence-electron chi connectivity index (χ0n) is 14.7. The quantitative estimate of drug-likeness (QED) is 0.650. The maximum absolute atomic E-state index is 9.17. The van der Waals surface area contributed by atoms with Gasteiger partial charge in [0.15, 0.2) is 0 Å². The van der Waals surface area contributed by atoms with Gasteiger partial charge in [0.05, 0.1) is 11.6 Å². The van der Waals surface area contributed by atoms with Crippen LogP contribution in [0.4, 0.5) is 0 Å². The van der Waals surface area contributed by atoms with E-state index in [-0.39, 0.29) is 0 Å². The van der Waals surface area contributed by atoms with E-state index in [1.54, 1.807) is 0 Å². The first-order valence-electron chi connectivity index (χ1n) is 9.20. The minimum atomic E-state index is 0.522. The highest BCUT2D eigenvalue weighted by atomic mass is 35.5. The first-order chi connectivity index (χ1) is 12.7. The molecule has 4 rings (SSSR count). The molecule has 0 unspecified atom stereocenters. The molecule has 0 amide bonds. The summed E-state index contributed by atoms with van der Waals surface area (Å²) in [6.07, 6.45) is 5.56. The van der Waals surface area contributed by atoms with Crippen molar-refractivity contribution in [3.8, 4) is 6.07 Å². The van der Waals surface area contributed by atoms with Gasteiger partial charge < -0.3 is 9.47 Å². The van der Waals surface area contributed by atoms with Crippen molar-refractivity contribution in [2.45, 2.75) is 25.3 Å². The second-order valence-electron chi connectivity index (χ2n) is 7.06. The van der Waals surface area contributed by atoms with E-state index in [0.29, 0.717) is 6.04 Å². The van der Waals surface area contributed by atoms with Crippen molar-refractivity contribution in [1.29, 1.82) is 5.26 Å². The molecule has 2 heterocycles. The smallest absolute Gasteiger partial charge is 0.0992 e. The van der Waals surface area contributed by atoms with E-state index in [4.69, 9.17) is 16.9 Å².